The van der Waals surface area contributed by atoms with E-state index in [4.69, 9.17) is 4.52 Å². The summed E-state index contributed by atoms with van der Waals surface area (Å²) in [6.45, 7) is 5.67. The molecule has 1 unspecified atom stereocenters. The highest BCUT2D eigenvalue weighted by molar-refractivity contribution is 7.89. The molecule has 9 heteroatoms. The third kappa shape index (κ3) is 3.71. The number of sulfonamides is 1. The van der Waals surface area contributed by atoms with Crippen molar-refractivity contribution < 1.29 is 17.3 Å². The molecule has 2 aromatic rings. The van der Waals surface area contributed by atoms with Gasteiger partial charge < -0.3 is 4.52 Å². The average Bonchev–Trinajstić information content (AvgIpc) is 3.27. The number of likely N-dealkylation sites (tertiary alicyclic amines) is 1. The summed E-state index contributed by atoms with van der Waals surface area (Å²) in [5.74, 6) is 0.824. The summed E-state index contributed by atoms with van der Waals surface area (Å²) in [5, 5.41) is 4.18. The zero-order valence-corrected chi connectivity index (χ0v) is 17.8. The number of hydrogen-bond donors (Lipinski definition) is 0. The Morgan fingerprint density at radius 2 is 1.93 bits per heavy atom. The van der Waals surface area contributed by atoms with E-state index in [0.717, 1.165) is 25.8 Å². The minimum Gasteiger partial charge on any atom is -0.339 e. The summed E-state index contributed by atoms with van der Waals surface area (Å²) in [5.41, 5.74) is 0.0132. The molecular weight excluding hydrogens is 395 g/mol. The Labute approximate surface area is 170 Å². The zero-order valence-electron chi connectivity index (χ0n) is 17.0. The van der Waals surface area contributed by atoms with Gasteiger partial charge in [0.15, 0.2) is 5.82 Å². The van der Waals surface area contributed by atoms with Crippen LogP contribution in [0.5, 0.6) is 0 Å². The van der Waals surface area contributed by atoms with Crippen LogP contribution in [0.25, 0.3) is 0 Å². The molecule has 3 heterocycles. The molecule has 29 heavy (non-hydrogen) atoms. The van der Waals surface area contributed by atoms with E-state index in [1.807, 2.05) is 20.9 Å². The molecule has 1 atom stereocenters. The van der Waals surface area contributed by atoms with Crippen molar-refractivity contribution in [3.63, 3.8) is 0 Å². The SMILES string of the molecule is CC(C)c1nc(C2CC3(CCN(S(=O)(=O)c4ccccc4F)CC3)CN2C)no1. The third-order valence-electron chi connectivity index (χ3n) is 6.23. The minimum atomic E-state index is -3.82. The van der Waals surface area contributed by atoms with Gasteiger partial charge in [-0.2, -0.15) is 9.29 Å². The predicted octanol–water partition coefficient (Wildman–Crippen LogP) is 3.18. The Hall–Kier alpha value is -1.84. The Balaban J connectivity index is 1.47. The quantitative estimate of drug-likeness (QED) is 0.753. The van der Waals surface area contributed by atoms with Crippen LogP contribution >= 0.6 is 0 Å². The van der Waals surface area contributed by atoms with Gasteiger partial charge in [-0.05, 0) is 43.9 Å². The molecule has 0 bridgehead atoms. The van der Waals surface area contributed by atoms with Crippen LogP contribution in [0.4, 0.5) is 4.39 Å². The maximum Gasteiger partial charge on any atom is 0.245 e. The van der Waals surface area contributed by atoms with E-state index in [-0.39, 0.29) is 22.3 Å². The molecule has 0 amide bonds. The Bertz CT molecular complexity index is 983. The average molecular weight is 423 g/mol. The van der Waals surface area contributed by atoms with Crippen LogP contribution in [0, 0.1) is 11.2 Å². The topological polar surface area (TPSA) is 79.5 Å². The first-order valence-corrected chi connectivity index (χ1v) is 11.4. The van der Waals surface area contributed by atoms with Crippen LogP contribution in [0.2, 0.25) is 0 Å². The second kappa shape index (κ2) is 7.45. The van der Waals surface area contributed by atoms with Crippen LogP contribution in [0.15, 0.2) is 33.7 Å². The number of benzene rings is 1. The molecular formula is C20H27FN4O3S. The molecule has 4 rings (SSSR count). The standard InChI is InChI=1S/C20H27FN4O3S/c1-14(2)19-22-18(23-28-19)16-12-20(13-24(16)3)8-10-25(11-9-20)29(26,27)17-7-5-4-6-15(17)21/h4-7,14,16H,8-13H2,1-3H3. The van der Waals surface area contributed by atoms with Crippen molar-refractivity contribution in [3.05, 3.63) is 41.8 Å². The van der Waals surface area contributed by atoms with Crippen molar-refractivity contribution in [2.24, 2.45) is 5.41 Å². The molecule has 0 aliphatic carbocycles. The highest BCUT2D eigenvalue weighted by Crippen LogP contribution is 2.48. The lowest BCUT2D eigenvalue weighted by Gasteiger charge is -2.38. The van der Waals surface area contributed by atoms with E-state index >= 15 is 0 Å². The van der Waals surface area contributed by atoms with Crippen molar-refractivity contribution in [3.8, 4) is 0 Å². The van der Waals surface area contributed by atoms with E-state index in [1.54, 1.807) is 6.07 Å². The summed E-state index contributed by atoms with van der Waals surface area (Å²) < 4.78 is 46.6. The van der Waals surface area contributed by atoms with Gasteiger partial charge in [0.1, 0.15) is 10.7 Å². The van der Waals surface area contributed by atoms with Gasteiger partial charge in [0.2, 0.25) is 15.9 Å². The normalized spacial score (nSPS) is 23.3. The first-order chi connectivity index (χ1) is 13.7. The van der Waals surface area contributed by atoms with E-state index in [1.165, 1.54) is 22.5 Å². The van der Waals surface area contributed by atoms with Gasteiger partial charge in [-0.1, -0.05) is 31.1 Å². The second-order valence-corrected chi connectivity index (χ2v) is 10.5. The van der Waals surface area contributed by atoms with Crippen LogP contribution in [0.3, 0.4) is 0 Å². The largest absolute Gasteiger partial charge is 0.339 e. The molecule has 2 aliphatic heterocycles. The Kier molecular flexibility index (Phi) is 5.25. The van der Waals surface area contributed by atoms with Gasteiger partial charge in [-0.3, -0.25) is 4.90 Å². The molecule has 0 radical (unpaired) electrons. The molecule has 1 aromatic carbocycles. The maximum absolute atomic E-state index is 14.0. The Morgan fingerprint density at radius 1 is 1.24 bits per heavy atom. The van der Waals surface area contributed by atoms with Crippen LogP contribution in [-0.2, 0) is 10.0 Å². The van der Waals surface area contributed by atoms with Gasteiger partial charge in [0.05, 0.1) is 6.04 Å². The summed E-state index contributed by atoms with van der Waals surface area (Å²) in [6.07, 6.45) is 2.33. The summed E-state index contributed by atoms with van der Waals surface area (Å²) in [6, 6.07) is 5.63. The van der Waals surface area contributed by atoms with Crippen molar-refractivity contribution in [1.82, 2.24) is 19.3 Å². The fourth-order valence-electron chi connectivity index (χ4n) is 4.53. The van der Waals surface area contributed by atoms with Crippen molar-refractivity contribution in [1.29, 1.82) is 0 Å². The lowest BCUT2D eigenvalue weighted by atomic mass is 9.77. The van der Waals surface area contributed by atoms with E-state index in [0.29, 0.717) is 24.8 Å². The highest BCUT2D eigenvalue weighted by atomic mass is 32.2. The monoisotopic (exact) mass is 422 g/mol. The molecule has 2 saturated heterocycles. The van der Waals surface area contributed by atoms with Gasteiger partial charge in [-0.15, -0.1) is 0 Å². The highest BCUT2D eigenvalue weighted by Gasteiger charge is 2.47. The lowest BCUT2D eigenvalue weighted by molar-refractivity contribution is 0.161. The smallest absolute Gasteiger partial charge is 0.245 e. The molecule has 1 spiro atoms. The van der Waals surface area contributed by atoms with Crippen LogP contribution in [-0.4, -0.2) is 54.4 Å². The maximum atomic E-state index is 14.0. The van der Waals surface area contributed by atoms with Gasteiger partial charge in [0, 0.05) is 25.6 Å². The summed E-state index contributed by atoms with van der Waals surface area (Å²) in [7, 11) is -1.77. The lowest BCUT2D eigenvalue weighted by Crippen LogP contribution is -2.44. The second-order valence-electron chi connectivity index (χ2n) is 8.62. The fraction of sp³-hybridized carbons (Fsp3) is 0.600. The minimum absolute atomic E-state index is 0.0132. The van der Waals surface area contributed by atoms with Crippen molar-refractivity contribution in [2.45, 2.75) is 50.0 Å². The molecule has 2 aliphatic rings. The van der Waals surface area contributed by atoms with E-state index in [2.05, 4.69) is 15.0 Å². The summed E-state index contributed by atoms with van der Waals surface area (Å²) in [4.78, 5) is 6.54. The molecule has 0 N–H and O–H groups in total. The molecule has 0 saturated carbocycles. The van der Waals surface area contributed by atoms with Crippen LogP contribution < -0.4 is 0 Å². The molecule has 158 valence electrons. The number of nitrogens with zero attached hydrogens (tertiary/aromatic N) is 4. The Morgan fingerprint density at radius 3 is 2.55 bits per heavy atom. The van der Waals surface area contributed by atoms with Gasteiger partial charge in [0.25, 0.3) is 0 Å². The number of piperidine rings is 1. The molecule has 2 fully saturated rings. The molecule has 1 aromatic heterocycles. The third-order valence-corrected chi connectivity index (χ3v) is 8.16. The van der Waals surface area contributed by atoms with Crippen LogP contribution in [0.1, 0.15) is 56.8 Å². The van der Waals surface area contributed by atoms with Gasteiger partial charge >= 0.3 is 0 Å². The van der Waals surface area contributed by atoms with Gasteiger partial charge in [-0.25, -0.2) is 12.8 Å². The number of hydrogen-bond acceptors (Lipinski definition) is 6. The van der Waals surface area contributed by atoms with Crippen molar-refractivity contribution >= 4 is 10.0 Å². The van der Waals surface area contributed by atoms with Crippen molar-refractivity contribution in [2.75, 3.05) is 26.7 Å². The number of aromatic nitrogens is 2. The van der Waals surface area contributed by atoms with E-state index < -0.39 is 15.8 Å². The first-order valence-electron chi connectivity index (χ1n) is 10.0. The fourth-order valence-corrected chi connectivity index (χ4v) is 6.04. The first kappa shape index (κ1) is 20.4. The predicted molar refractivity (Wildman–Crippen MR) is 105 cm³/mol. The summed E-state index contributed by atoms with van der Waals surface area (Å²) >= 11 is 0. The number of halogens is 1. The number of rotatable bonds is 4. The molecule has 7 nitrogen and oxygen atoms in total. The zero-order chi connectivity index (χ0) is 20.8. The van der Waals surface area contributed by atoms with E-state index in [9.17, 15) is 12.8 Å².